The van der Waals surface area contributed by atoms with Gasteiger partial charge >= 0.3 is 0 Å². The SMILES string of the molecule is Clc1ncc2c(n1)N[C@@H](COc1ccccc1)CO2. The molecule has 0 radical (unpaired) electrons. The molecule has 2 heterocycles. The minimum atomic E-state index is 0.0265. The standard InChI is InChI=1S/C13H12ClN3O2/c14-13-15-6-11-12(17-13)16-9(8-19-11)7-18-10-4-2-1-3-5-10/h1-6,9H,7-8H2,(H,15,16,17)/t9-/m0/s1. The summed E-state index contributed by atoms with van der Waals surface area (Å²) in [5, 5.41) is 3.42. The van der Waals surface area contributed by atoms with E-state index in [0.717, 1.165) is 5.75 Å². The topological polar surface area (TPSA) is 56.3 Å². The fraction of sp³-hybridized carbons (Fsp3) is 0.231. The van der Waals surface area contributed by atoms with E-state index in [1.165, 1.54) is 0 Å². The first-order chi connectivity index (χ1) is 9.31. The van der Waals surface area contributed by atoms with Crippen molar-refractivity contribution in [3.05, 3.63) is 41.8 Å². The van der Waals surface area contributed by atoms with Crippen LogP contribution in [0.25, 0.3) is 0 Å². The number of rotatable bonds is 3. The van der Waals surface area contributed by atoms with Gasteiger partial charge in [0.25, 0.3) is 0 Å². The van der Waals surface area contributed by atoms with Crippen molar-refractivity contribution in [1.29, 1.82) is 0 Å². The van der Waals surface area contributed by atoms with Crippen LogP contribution in [0.1, 0.15) is 0 Å². The lowest BCUT2D eigenvalue weighted by Gasteiger charge is -2.26. The Bertz CT molecular complexity index is 565. The van der Waals surface area contributed by atoms with E-state index in [0.29, 0.717) is 24.8 Å². The molecule has 3 rings (SSSR count). The number of hydrogen-bond donors (Lipinski definition) is 1. The van der Waals surface area contributed by atoms with Crippen molar-refractivity contribution in [2.24, 2.45) is 0 Å². The summed E-state index contributed by atoms with van der Waals surface area (Å²) in [6.07, 6.45) is 1.56. The average molecular weight is 278 g/mol. The molecule has 0 fully saturated rings. The Labute approximate surface area is 115 Å². The predicted octanol–water partition coefficient (Wildman–Crippen LogP) is 2.38. The summed E-state index contributed by atoms with van der Waals surface area (Å²) in [6, 6.07) is 9.67. The molecule has 0 saturated carbocycles. The van der Waals surface area contributed by atoms with E-state index in [9.17, 15) is 0 Å². The van der Waals surface area contributed by atoms with Crippen LogP contribution in [-0.4, -0.2) is 29.2 Å². The van der Waals surface area contributed by atoms with Crippen LogP contribution in [0.3, 0.4) is 0 Å². The van der Waals surface area contributed by atoms with E-state index in [1.54, 1.807) is 6.20 Å². The molecule has 0 bridgehead atoms. The summed E-state index contributed by atoms with van der Waals surface area (Å²) < 4.78 is 11.2. The highest BCUT2D eigenvalue weighted by Crippen LogP contribution is 2.26. The summed E-state index contributed by atoms with van der Waals surface area (Å²) in [7, 11) is 0. The van der Waals surface area contributed by atoms with Gasteiger partial charge in [-0.1, -0.05) is 18.2 Å². The fourth-order valence-corrected chi connectivity index (χ4v) is 1.92. The molecule has 0 saturated heterocycles. The van der Waals surface area contributed by atoms with Crippen LogP contribution in [0.2, 0.25) is 5.28 Å². The molecular formula is C13H12ClN3O2. The zero-order valence-corrected chi connectivity index (χ0v) is 10.8. The Balaban J connectivity index is 1.62. The van der Waals surface area contributed by atoms with Gasteiger partial charge in [0.2, 0.25) is 5.28 Å². The molecule has 1 aromatic carbocycles. The number of benzene rings is 1. The molecule has 1 aliphatic heterocycles. The zero-order chi connectivity index (χ0) is 13.1. The number of fused-ring (bicyclic) bond motifs is 1. The van der Waals surface area contributed by atoms with E-state index in [2.05, 4.69) is 15.3 Å². The molecule has 1 atom stereocenters. The molecule has 0 amide bonds. The van der Waals surface area contributed by atoms with E-state index in [-0.39, 0.29) is 11.3 Å². The van der Waals surface area contributed by atoms with E-state index < -0.39 is 0 Å². The quantitative estimate of drug-likeness (QED) is 0.873. The molecule has 0 aliphatic carbocycles. The monoisotopic (exact) mass is 277 g/mol. The van der Waals surface area contributed by atoms with Gasteiger partial charge in [0, 0.05) is 0 Å². The first-order valence-electron chi connectivity index (χ1n) is 5.91. The van der Waals surface area contributed by atoms with Crippen molar-refractivity contribution in [1.82, 2.24) is 9.97 Å². The Morgan fingerprint density at radius 2 is 2.21 bits per heavy atom. The van der Waals surface area contributed by atoms with Crippen LogP contribution in [0, 0.1) is 0 Å². The van der Waals surface area contributed by atoms with Gasteiger partial charge in [0.1, 0.15) is 19.0 Å². The molecule has 98 valence electrons. The number of aromatic nitrogens is 2. The zero-order valence-electron chi connectivity index (χ0n) is 10.0. The fourth-order valence-electron chi connectivity index (χ4n) is 1.79. The van der Waals surface area contributed by atoms with Gasteiger partial charge in [-0.05, 0) is 23.7 Å². The third-order valence-electron chi connectivity index (χ3n) is 2.70. The highest BCUT2D eigenvalue weighted by atomic mass is 35.5. The largest absolute Gasteiger partial charge is 0.491 e. The molecule has 19 heavy (non-hydrogen) atoms. The van der Waals surface area contributed by atoms with Crippen molar-refractivity contribution >= 4 is 17.4 Å². The number of hydrogen-bond acceptors (Lipinski definition) is 5. The van der Waals surface area contributed by atoms with Gasteiger partial charge < -0.3 is 14.8 Å². The van der Waals surface area contributed by atoms with Gasteiger partial charge in [-0.25, -0.2) is 4.98 Å². The number of para-hydroxylation sites is 1. The molecule has 0 unspecified atom stereocenters. The van der Waals surface area contributed by atoms with Crippen molar-refractivity contribution < 1.29 is 9.47 Å². The van der Waals surface area contributed by atoms with Crippen LogP contribution in [0.4, 0.5) is 5.82 Å². The van der Waals surface area contributed by atoms with Gasteiger partial charge in [0.15, 0.2) is 11.6 Å². The van der Waals surface area contributed by atoms with Crippen LogP contribution < -0.4 is 14.8 Å². The minimum absolute atomic E-state index is 0.0265. The number of ether oxygens (including phenoxy) is 2. The lowest BCUT2D eigenvalue weighted by molar-refractivity contribution is 0.219. The molecule has 1 aromatic heterocycles. The Hall–Kier alpha value is -2.01. The predicted molar refractivity (Wildman–Crippen MR) is 71.9 cm³/mol. The Morgan fingerprint density at radius 1 is 1.37 bits per heavy atom. The highest BCUT2D eigenvalue weighted by Gasteiger charge is 2.21. The van der Waals surface area contributed by atoms with Crippen LogP contribution in [-0.2, 0) is 0 Å². The first-order valence-corrected chi connectivity index (χ1v) is 6.29. The Morgan fingerprint density at radius 3 is 3.05 bits per heavy atom. The lowest BCUT2D eigenvalue weighted by Crippen LogP contribution is -2.37. The molecule has 6 heteroatoms. The van der Waals surface area contributed by atoms with E-state index in [4.69, 9.17) is 21.1 Å². The highest BCUT2D eigenvalue weighted by molar-refractivity contribution is 6.28. The summed E-state index contributed by atoms with van der Waals surface area (Å²) in [4.78, 5) is 7.95. The number of nitrogens with zero attached hydrogens (tertiary/aromatic N) is 2. The van der Waals surface area contributed by atoms with Crippen LogP contribution in [0.5, 0.6) is 11.5 Å². The van der Waals surface area contributed by atoms with Crippen LogP contribution in [0.15, 0.2) is 36.5 Å². The van der Waals surface area contributed by atoms with Crippen molar-refractivity contribution in [2.45, 2.75) is 6.04 Å². The van der Waals surface area contributed by atoms with Crippen molar-refractivity contribution in [2.75, 3.05) is 18.5 Å². The second kappa shape index (κ2) is 5.32. The molecule has 1 N–H and O–H groups in total. The second-order valence-corrected chi connectivity index (χ2v) is 4.47. The van der Waals surface area contributed by atoms with Crippen LogP contribution >= 0.6 is 11.6 Å². The van der Waals surface area contributed by atoms with E-state index in [1.807, 2.05) is 30.3 Å². The maximum atomic E-state index is 5.75. The molecule has 0 spiro atoms. The lowest BCUT2D eigenvalue weighted by atomic mass is 10.3. The minimum Gasteiger partial charge on any atom is -0.491 e. The summed E-state index contributed by atoms with van der Waals surface area (Å²) in [6.45, 7) is 0.996. The molecule has 5 nitrogen and oxygen atoms in total. The smallest absolute Gasteiger partial charge is 0.224 e. The van der Waals surface area contributed by atoms with E-state index >= 15 is 0 Å². The molecule has 2 aromatic rings. The summed E-state index contributed by atoms with van der Waals surface area (Å²) in [5.74, 6) is 2.05. The second-order valence-electron chi connectivity index (χ2n) is 4.13. The maximum Gasteiger partial charge on any atom is 0.224 e. The number of nitrogens with one attached hydrogen (secondary N) is 1. The number of halogens is 1. The average Bonchev–Trinajstić information content (AvgIpc) is 2.46. The maximum absolute atomic E-state index is 5.75. The third kappa shape index (κ3) is 2.88. The van der Waals surface area contributed by atoms with Gasteiger partial charge in [0.05, 0.1) is 12.2 Å². The Kier molecular flexibility index (Phi) is 3.37. The number of anilines is 1. The third-order valence-corrected chi connectivity index (χ3v) is 2.88. The summed E-state index contributed by atoms with van der Waals surface area (Å²) >= 11 is 5.75. The van der Waals surface area contributed by atoms with Gasteiger partial charge in [-0.2, -0.15) is 4.98 Å². The van der Waals surface area contributed by atoms with Gasteiger partial charge in [-0.3, -0.25) is 0 Å². The van der Waals surface area contributed by atoms with Crippen molar-refractivity contribution in [3.63, 3.8) is 0 Å². The molecular weight excluding hydrogens is 266 g/mol. The molecule has 1 aliphatic rings. The first kappa shape index (κ1) is 12.0. The van der Waals surface area contributed by atoms with Crippen molar-refractivity contribution in [3.8, 4) is 11.5 Å². The summed E-state index contributed by atoms with van der Waals surface area (Å²) in [5.41, 5.74) is 0. The normalized spacial score (nSPS) is 17.0. The van der Waals surface area contributed by atoms with Gasteiger partial charge in [-0.15, -0.1) is 0 Å².